The fourth-order valence-electron chi connectivity index (χ4n) is 3.43. The lowest BCUT2D eigenvalue weighted by Crippen LogP contribution is -2.23. The minimum Gasteiger partial charge on any atom is -0.323 e. The van der Waals surface area contributed by atoms with Crippen LogP contribution in [0.15, 0.2) is 78.2 Å². The van der Waals surface area contributed by atoms with Gasteiger partial charge in [0.05, 0.1) is 16.6 Å². The molecule has 0 aliphatic carbocycles. The van der Waals surface area contributed by atoms with Crippen molar-refractivity contribution in [1.29, 1.82) is 0 Å². The van der Waals surface area contributed by atoms with Crippen LogP contribution in [0.1, 0.15) is 32.3 Å². The lowest BCUT2D eigenvalue weighted by atomic mass is 10.0. The zero-order chi connectivity index (χ0) is 23.4. The average Bonchev–Trinajstić information content (AvgIpc) is 3.24. The predicted octanol–water partition coefficient (Wildman–Crippen LogP) is 5.71. The topological polar surface area (TPSA) is 72.7 Å². The van der Waals surface area contributed by atoms with Crippen molar-refractivity contribution >= 4 is 23.4 Å². The number of carbonyl (C=O) groups excluding carboxylic acids is 1. The van der Waals surface area contributed by atoms with Crippen LogP contribution in [-0.2, 0) is 4.79 Å². The molecule has 2 aromatic carbocycles. The third-order valence-electron chi connectivity index (χ3n) is 5.14. The maximum atomic E-state index is 14.0. The Bertz CT molecular complexity index is 1260. The minimum atomic E-state index is -0.541. The van der Waals surface area contributed by atoms with Crippen molar-refractivity contribution in [3.05, 3.63) is 84.4 Å². The molecule has 1 amide bonds. The second kappa shape index (κ2) is 9.95. The smallest absolute Gasteiger partial charge is 0.237 e. The van der Waals surface area contributed by atoms with Crippen LogP contribution in [0.2, 0.25) is 0 Å². The number of pyridine rings is 1. The monoisotopic (exact) mass is 461 g/mol. The summed E-state index contributed by atoms with van der Waals surface area (Å²) in [6, 6.07) is 17.9. The second-order valence-corrected chi connectivity index (χ2v) is 9.13. The Morgan fingerprint density at radius 3 is 2.48 bits per heavy atom. The van der Waals surface area contributed by atoms with Gasteiger partial charge >= 0.3 is 0 Å². The number of benzene rings is 2. The van der Waals surface area contributed by atoms with E-state index in [1.54, 1.807) is 31.5 Å². The van der Waals surface area contributed by atoms with Crippen molar-refractivity contribution in [2.24, 2.45) is 0 Å². The molecule has 168 valence electrons. The molecule has 2 heterocycles. The van der Waals surface area contributed by atoms with Crippen molar-refractivity contribution in [2.75, 3.05) is 5.32 Å². The van der Waals surface area contributed by atoms with Crippen LogP contribution in [0.4, 0.5) is 10.1 Å². The van der Waals surface area contributed by atoms with E-state index in [0.29, 0.717) is 11.0 Å². The van der Waals surface area contributed by atoms with E-state index in [-0.39, 0.29) is 17.5 Å². The average molecular weight is 462 g/mol. The van der Waals surface area contributed by atoms with Gasteiger partial charge in [-0.1, -0.05) is 55.9 Å². The first kappa shape index (κ1) is 22.7. The van der Waals surface area contributed by atoms with Crippen LogP contribution in [0.25, 0.3) is 17.1 Å². The van der Waals surface area contributed by atoms with E-state index in [1.807, 2.05) is 34.9 Å². The summed E-state index contributed by atoms with van der Waals surface area (Å²) in [6.45, 7) is 6.02. The highest BCUT2D eigenvalue weighted by Crippen LogP contribution is 2.33. The van der Waals surface area contributed by atoms with Crippen LogP contribution in [0.3, 0.4) is 0 Å². The number of amides is 1. The molecule has 33 heavy (non-hydrogen) atoms. The number of aromatic nitrogens is 4. The third kappa shape index (κ3) is 4.96. The fraction of sp³-hybridized carbons (Fsp3) is 0.200. The number of thioether (sulfide) groups is 1. The number of para-hydroxylation sites is 2. The van der Waals surface area contributed by atoms with Crippen molar-refractivity contribution < 1.29 is 9.18 Å². The number of nitrogens with one attached hydrogen (secondary N) is 1. The van der Waals surface area contributed by atoms with E-state index in [1.165, 1.54) is 23.9 Å². The molecule has 0 spiro atoms. The van der Waals surface area contributed by atoms with E-state index in [2.05, 4.69) is 40.4 Å². The number of hydrogen-bond acceptors (Lipinski definition) is 5. The molecule has 0 bridgehead atoms. The highest BCUT2D eigenvalue weighted by Gasteiger charge is 2.24. The maximum absolute atomic E-state index is 14.0. The van der Waals surface area contributed by atoms with Gasteiger partial charge in [0.25, 0.3) is 0 Å². The molecule has 0 fully saturated rings. The van der Waals surface area contributed by atoms with Gasteiger partial charge in [0, 0.05) is 18.0 Å². The first-order valence-electron chi connectivity index (χ1n) is 10.6. The molecule has 0 saturated carbocycles. The van der Waals surface area contributed by atoms with Crippen LogP contribution >= 0.6 is 11.8 Å². The summed E-state index contributed by atoms with van der Waals surface area (Å²) in [5, 5.41) is 11.5. The van der Waals surface area contributed by atoms with Crippen molar-refractivity contribution in [3.8, 4) is 17.1 Å². The van der Waals surface area contributed by atoms with Crippen LogP contribution in [0, 0.1) is 5.82 Å². The number of anilines is 1. The lowest BCUT2D eigenvalue weighted by molar-refractivity contribution is -0.115. The normalized spacial score (nSPS) is 12.0. The summed E-state index contributed by atoms with van der Waals surface area (Å²) in [7, 11) is 0. The number of nitrogens with zero attached hydrogens (tertiary/aromatic N) is 4. The second-order valence-electron chi connectivity index (χ2n) is 7.83. The van der Waals surface area contributed by atoms with E-state index >= 15 is 0 Å². The highest BCUT2D eigenvalue weighted by molar-refractivity contribution is 8.00. The van der Waals surface area contributed by atoms with Crippen molar-refractivity contribution in [2.45, 2.75) is 37.1 Å². The molecule has 1 unspecified atom stereocenters. The first-order chi connectivity index (χ1) is 16.0. The van der Waals surface area contributed by atoms with Crippen LogP contribution < -0.4 is 5.32 Å². The summed E-state index contributed by atoms with van der Waals surface area (Å²) in [6.07, 6.45) is 3.44. The quantitative estimate of drug-likeness (QED) is 0.357. The Labute approximate surface area is 196 Å². The molecule has 6 nitrogen and oxygen atoms in total. The molecule has 0 saturated heterocycles. The standard InChI is InChI=1S/C25H24FN5OS/c1-16(2)19-10-4-7-13-22(19)31-23(18-9-8-14-27-15-18)29-30-25(31)33-17(3)24(32)28-21-12-6-5-11-20(21)26/h4-17H,1-3H3,(H,28,32). The van der Waals surface area contributed by atoms with Gasteiger partial charge in [-0.15, -0.1) is 10.2 Å². The van der Waals surface area contributed by atoms with Crippen LogP contribution in [0.5, 0.6) is 0 Å². The molecule has 2 aromatic heterocycles. The zero-order valence-electron chi connectivity index (χ0n) is 18.6. The Kier molecular flexibility index (Phi) is 6.84. The Morgan fingerprint density at radius 2 is 1.76 bits per heavy atom. The Morgan fingerprint density at radius 1 is 1.00 bits per heavy atom. The molecular formula is C25H24FN5OS. The van der Waals surface area contributed by atoms with Gasteiger partial charge in [-0.2, -0.15) is 0 Å². The van der Waals surface area contributed by atoms with Gasteiger partial charge in [0.1, 0.15) is 5.82 Å². The van der Waals surface area contributed by atoms with Crippen molar-refractivity contribution in [1.82, 2.24) is 19.7 Å². The van der Waals surface area contributed by atoms with Crippen molar-refractivity contribution in [3.63, 3.8) is 0 Å². The molecule has 8 heteroatoms. The summed E-state index contributed by atoms with van der Waals surface area (Å²) in [4.78, 5) is 17.0. The highest BCUT2D eigenvalue weighted by atomic mass is 32.2. The Balaban J connectivity index is 1.71. The zero-order valence-corrected chi connectivity index (χ0v) is 19.4. The minimum absolute atomic E-state index is 0.151. The van der Waals surface area contributed by atoms with E-state index in [0.717, 1.165) is 16.8 Å². The lowest BCUT2D eigenvalue weighted by Gasteiger charge is -2.18. The molecule has 4 aromatic rings. The molecule has 0 aliphatic rings. The molecular weight excluding hydrogens is 437 g/mol. The van der Waals surface area contributed by atoms with Gasteiger partial charge in [0.15, 0.2) is 11.0 Å². The Hall–Kier alpha value is -3.52. The largest absolute Gasteiger partial charge is 0.323 e. The van der Waals surface area contributed by atoms with Gasteiger partial charge in [-0.25, -0.2) is 4.39 Å². The molecule has 4 rings (SSSR count). The fourth-order valence-corrected chi connectivity index (χ4v) is 4.29. The molecule has 1 N–H and O–H groups in total. The number of hydrogen-bond donors (Lipinski definition) is 1. The van der Waals surface area contributed by atoms with Gasteiger partial charge < -0.3 is 5.32 Å². The predicted molar refractivity (Wildman–Crippen MR) is 129 cm³/mol. The van der Waals surface area contributed by atoms with Crippen LogP contribution in [-0.4, -0.2) is 30.9 Å². The summed E-state index contributed by atoms with van der Waals surface area (Å²) in [5.74, 6) is 0.112. The summed E-state index contributed by atoms with van der Waals surface area (Å²) in [5.41, 5.74) is 3.05. The van der Waals surface area contributed by atoms with Gasteiger partial charge in [0.2, 0.25) is 5.91 Å². The van der Waals surface area contributed by atoms with Gasteiger partial charge in [-0.05, 0) is 48.7 Å². The summed E-state index contributed by atoms with van der Waals surface area (Å²) >= 11 is 1.27. The SMILES string of the molecule is CC(Sc1nnc(-c2cccnc2)n1-c1ccccc1C(C)C)C(=O)Nc1ccccc1F. The number of carbonyl (C=O) groups is 1. The number of halogens is 1. The maximum Gasteiger partial charge on any atom is 0.237 e. The van der Waals surface area contributed by atoms with Gasteiger partial charge in [-0.3, -0.25) is 14.3 Å². The molecule has 0 aliphatic heterocycles. The molecule has 1 atom stereocenters. The third-order valence-corrected chi connectivity index (χ3v) is 6.18. The van der Waals surface area contributed by atoms with E-state index in [9.17, 15) is 9.18 Å². The van der Waals surface area contributed by atoms with E-state index < -0.39 is 11.1 Å². The first-order valence-corrected chi connectivity index (χ1v) is 11.5. The summed E-state index contributed by atoms with van der Waals surface area (Å²) < 4.78 is 15.9. The molecule has 0 radical (unpaired) electrons. The van der Waals surface area contributed by atoms with E-state index in [4.69, 9.17) is 0 Å². The number of rotatable bonds is 7.